The highest BCUT2D eigenvalue weighted by Gasteiger charge is 2.54. The second-order valence-electron chi connectivity index (χ2n) is 9.69. The molecule has 0 N–H and O–H groups in total. The van der Waals surface area contributed by atoms with Gasteiger partial charge in [-0.05, 0) is 57.7 Å². The predicted molar refractivity (Wildman–Crippen MR) is 96.3 cm³/mol. The van der Waals surface area contributed by atoms with Gasteiger partial charge < -0.3 is 9.16 Å². The zero-order valence-corrected chi connectivity index (χ0v) is 17.4. The van der Waals surface area contributed by atoms with Gasteiger partial charge in [0.25, 0.3) is 0 Å². The Morgan fingerprint density at radius 3 is 2.08 bits per heavy atom. The summed E-state index contributed by atoms with van der Waals surface area (Å²) in [7, 11) is -2.00. The summed E-state index contributed by atoms with van der Waals surface area (Å²) in [6, 6.07) is -0.165. The molecule has 0 spiro atoms. The van der Waals surface area contributed by atoms with Gasteiger partial charge in [0.1, 0.15) is 5.60 Å². The van der Waals surface area contributed by atoms with Crippen LogP contribution < -0.4 is 0 Å². The second kappa shape index (κ2) is 6.13. The van der Waals surface area contributed by atoms with E-state index >= 15 is 0 Å². The molecule has 1 aliphatic carbocycles. The molecule has 0 aromatic heterocycles. The van der Waals surface area contributed by atoms with Gasteiger partial charge in [0.15, 0.2) is 8.32 Å². The number of hydrogen-bond acceptors (Lipinski definition) is 4. The average Bonchev–Trinajstić information content (AvgIpc) is 3.10. The normalized spacial score (nSPS) is 26.0. The molecule has 1 aliphatic heterocycles. The molecule has 2 amide bonds. The first-order valence-electron chi connectivity index (χ1n) is 8.96. The van der Waals surface area contributed by atoms with E-state index in [4.69, 9.17) is 9.16 Å². The molecule has 1 saturated carbocycles. The van der Waals surface area contributed by atoms with Crippen LogP contribution in [0.5, 0.6) is 0 Å². The zero-order valence-electron chi connectivity index (χ0n) is 16.4. The van der Waals surface area contributed by atoms with E-state index in [0.29, 0.717) is 5.92 Å². The number of carbonyl (C=O) groups is 2. The molecule has 6 heteroatoms. The van der Waals surface area contributed by atoms with Gasteiger partial charge in [-0.3, -0.25) is 4.79 Å². The molecule has 24 heavy (non-hydrogen) atoms. The molecule has 0 aromatic carbocycles. The van der Waals surface area contributed by atoms with Gasteiger partial charge in [-0.25, -0.2) is 9.69 Å². The molecule has 2 atom stereocenters. The lowest BCUT2D eigenvalue weighted by atomic mass is 10.1. The molecule has 2 unspecified atom stereocenters. The van der Waals surface area contributed by atoms with Crippen molar-refractivity contribution in [3.63, 3.8) is 0 Å². The van der Waals surface area contributed by atoms with E-state index in [1.54, 1.807) is 0 Å². The van der Waals surface area contributed by atoms with Gasteiger partial charge in [0.05, 0.1) is 18.6 Å². The highest BCUT2D eigenvalue weighted by molar-refractivity contribution is 6.74. The minimum Gasteiger partial charge on any atom is -0.443 e. The summed E-state index contributed by atoms with van der Waals surface area (Å²) < 4.78 is 12.0. The Morgan fingerprint density at radius 1 is 1.12 bits per heavy atom. The highest BCUT2D eigenvalue weighted by Crippen LogP contribution is 2.45. The van der Waals surface area contributed by atoms with Crippen LogP contribution in [0.25, 0.3) is 0 Å². The van der Waals surface area contributed by atoms with Crippen molar-refractivity contribution in [1.29, 1.82) is 0 Å². The number of nitrogens with zero attached hydrogens (tertiary/aromatic N) is 1. The van der Waals surface area contributed by atoms with E-state index in [1.807, 2.05) is 20.8 Å². The van der Waals surface area contributed by atoms with E-state index in [2.05, 4.69) is 33.9 Å². The summed E-state index contributed by atoms with van der Waals surface area (Å²) in [5.74, 6) is 0.198. The van der Waals surface area contributed by atoms with Crippen molar-refractivity contribution in [2.45, 2.75) is 96.7 Å². The van der Waals surface area contributed by atoms with Crippen LogP contribution in [0.3, 0.4) is 0 Å². The average molecular weight is 356 g/mol. The summed E-state index contributed by atoms with van der Waals surface area (Å²) in [6.45, 7) is 16.4. The van der Waals surface area contributed by atoms with E-state index < -0.39 is 20.0 Å². The summed E-state index contributed by atoms with van der Waals surface area (Å²) in [5.41, 5.74) is -0.607. The van der Waals surface area contributed by atoms with E-state index in [0.717, 1.165) is 12.8 Å². The van der Waals surface area contributed by atoms with Crippen molar-refractivity contribution in [2.75, 3.05) is 0 Å². The maximum absolute atomic E-state index is 12.6. The van der Waals surface area contributed by atoms with Gasteiger partial charge >= 0.3 is 6.09 Å². The fraction of sp³-hybridized carbons (Fsp3) is 0.889. The van der Waals surface area contributed by atoms with Gasteiger partial charge in [-0.15, -0.1) is 0 Å². The number of amides is 2. The molecule has 0 aromatic rings. The Balaban J connectivity index is 2.20. The largest absolute Gasteiger partial charge is 0.443 e. The molecule has 0 radical (unpaired) electrons. The molecule has 2 aliphatic rings. The first kappa shape index (κ1) is 19.4. The van der Waals surface area contributed by atoms with Gasteiger partial charge in [0, 0.05) is 0 Å². The summed E-state index contributed by atoms with van der Waals surface area (Å²) in [6.07, 6.45) is 1.67. The van der Waals surface area contributed by atoms with Crippen LogP contribution in [0.2, 0.25) is 18.1 Å². The number of ether oxygens (including phenoxy) is 1. The number of imide groups is 1. The maximum atomic E-state index is 12.6. The molecule has 2 rings (SSSR count). The number of hydrogen-bond donors (Lipinski definition) is 0. The minimum atomic E-state index is -2.00. The van der Waals surface area contributed by atoms with Crippen molar-refractivity contribution in [2.24, 2.45) is 5.92 Å². The van der Waals surface area contributed by atoms with Gasteiger partial charge in [0.2, 0.25) is 5.91 Å². The van der Waals surface area contributed by atoms with E-state index in [-0.39, 0.29) is 29.5 Å². The Bertz CT molecular complexity index is 514. The quantitative estimate of drug-likeness (QED) is 0.707. The lowest BCUT2D eigenvalue weighted by Gasteiger charge is -2.40. The van der Waals surface area contributed by atoms with Crippen LogP contribution in [-0.4, -0.2) is 43.0 Å². The third kappa shape index (κ3) is 4.20. The summed E-state index contributed by atoms with van der Waals surface area (Å²) >= 11 is 0. The highest BCUT2D eigenvalue weighted by atomic mass is 28.4. The van der Waals surface area contributed by atoms with Gasteiger partial charge in [-0.2, -0.15) is 0 Å². The zero-order chi connectivity index (χ0) is 18.5. The molecule has 138 valence electrons. The van der Waals surface area contributed by atoms with E-state index in [1.165, 1.54) is 4.90 Å². The van der Waals surface area contributed by atoms with Crippen molar-refractivity contribution in [3.05, 3.63) is 0 Å². The molecule has 1 heterocycles. The third-order valence-electron chi connectivity index (χ3n) is 5.27. The van der Waals surface area contributed by atoms with E-state index in [9.17, 15) is 9.59 Å². The SMILES string of the molecule is CC(C)(C)OC(=O)N1C(=O)CC(O[Si](C)(C)C(C)(C)C)C1C1CC1. The predicted octanol–water partition coefficient (Wildman–Crippen LogP) is 4.32. The summed E-state index contributed by atoms with van der Waals surface area (Å²) in [4.78, 5) is 26.5. The van der Waals surface area contributed by atoms with Crippen molar-refractivity contribution >= 4 is 20.3 Å². The van der Waals surface area contributed by atoms with Gasteiger partial charge in [-0.1, -0.05) is 20.8 Å². The fourth-order valence-corrected chi connectivity index (χ4v) is 4.21. The Morgan fingerprint density at radius 2 is 1.67 bits per heavy atom. The fourth-order valence-electron chi connectivity index (χ4n) is 2.88. The molecule has 2 fully saturated rings. The van der Waals surface area contributed by atoms with Crippen molar-refractivity contribution in [1.82, 2.24) is 4.90 Å². The Hall–Kier alpha value is -0.883. The van der Waals surface area contributed by atoms with Crippen LogP contribution in [0.1, 0.15) is 60.8 Å². The van der Waals surface area contributed by atoms with Crippen LogP contribution in [0, 0.1) is 5.92 Å². The van der Waals surface area contributed by atoms with Crippen LogP contribution in [0.4, 0.5) is 4.79 Å². The molecular formula is C18H33NO4Si. The standard InChI is InChI=1S/C18H33NO4Si/c1-17(2,3)22-16(21)19-14(20)11-13(15(19)12-9-10-12)23-24(7,8)18(4,5)6/h12-13,15H,9-11H2,1-8H3. The summed E-state index contributed by atoms with van der Waals surface area (Å²) in [5, 5.41) is 0.0729. The number of likely N-dealkylation sites (tertiary alicyclic amines) is 1. The minimum absolute atomic E-state index is 0.0729. The third-order valence-corrected chi connectivity index (χ3v) is 9.78. The first-order valence-corrected chi connectivity index (χ1v) is 11.9. The maximum Gasteiger partial charge on any atom is 0.417 e. The molecule has 5 nitrogen and oxygen atoms in total. The van der Waals surface area contributed by atoms with Crippen LogP contribution in [-0.2, 0) is 14.0 Å². The lowest BCUT2D eigenvalue weighted by molar-refractivity contribution is -0.128. The molecule has 0 bridgehead atoms. The molecule has 1 saturated heterocycles. The topological polar surface area (TPSA) is 55.8 Å². The first-order chi connectivity index (χ1) is 10.7. The lowest BCUT2D eigenvalue weighted by Crippen LogP contribution is -2.50. The van der Waals surface area contributed by atoms with Crippen LogP contribution >= 0.6 is 0 Å². The monoisotopic (exact) mass is 355 g/mol. The smallest absolute Gasteiger partial charge is 0.417 e. The number of rotatable bonds is 3. The van der Waals surface area contributed by atoms with Crippen LogP contribution in [0.15, 0.2) is 0 Å². The Kier molecular flexibility index (Phi) is 4.96. The van der Waals surface area contributed by atoms with Crippen molar-refractivity contribution < 1.29 is 18.8 Å². The number of carbonyl (C=O) groups excluding carboxylic acids is 2. The van der Waals surface area contributed by atoms with Crippen molar-refractivity contribution in [3.8, 4) is 0 Å². The Labute approximate surface area is 147 Å². The molecular weight excluding hydrogens is 322 g/mol. The second-order valence-corrected chi connectivity index (χ2v) is 14.4.